The molecule has 0 saturated carbocycles. The Balaban J connectivity index is 1.84. The van der Waals surface area contributed by atoms with Crippen molar-refractivity contribution in [3.05, 3.63) is 78.3 Å². The fourth-order valence-electron chi connectivity index (χ4n) is 4.31. The molecule has 1 aliphatic rings. The van der Waals surface area contributed by atoms with Crippen LogP contribution in [-0.2, 0) is 11.8 Å². The van der Waals surface area contributed by atoms with E-state index in [1.54, 1.807) is 0 Å². The minimum Gasteiger partial charge on any atom is -0.461 e. The van der Waals surface area contributed by atoms with Crippen LogP contribution in [0, 0.1) is 14.1 Å². The lowest BCUT2D eigenvalue weighted by Crippen LogP contribution is -2.23. The highest BCUT2D eigenvalue weighted by Crippen LogP contribution is 2.50. The normalized spacial score (nSPS) is 19.0. The number of hydrogen-bond acceptors (Lipinski definition) is 2. The molecule has 2 aromatic heterocycles. The summed E-state index contributed by atoms with van der Waals surface area (Å²) in [6, 6.07) is 17.4. The Morgan fingerprint density at radius 1 is 1.00 bits per heavy atom. The van der Waals surface area contributed by atoms with Crippen LogP contribution in [0.3, 0.4) is 0 Å². The average molecular weight is 580 g/mol. The van der Waals surface area contributed by atoms with Gasteiger partial charge in [0.15, 0.2) is 0 Å². The number of halogens is 2. The van der Waals surface area contributed by atoms with Crippen LogP contribution in [0.4, 0.5) is 0 Å². The summed E-state index contributed by atoms with van der Waals surface area (Å²) in [4.78, 5) is 0. The molecule has 5 rings (SSSR count). The van der Waals surface area contributed by atoms with E-state index >= 15 is 0 Å². The molecule has 2 heterocycles. The summed E-state index contributed by atoms with van der Waals surface area (Å²) >= 11 is 4.75. The summed E-state index contributed by atoms with van der Waals surface area (Å²) in [5, 5.41) is 1.16. The molecule has 27 heavy (non-hydrogen) atoms. The molecule has 1 aliphatic carbocycles. The van der Waals surface area contributed by atoms with Gasteiger partial charge in [0, 0.05) is 26.4 Å². The predicted octanol–water partition coefficient (Wildman–Crippen LogP) is 7.46. The van der Waals surface area contributed by atoms with Gasteiger partial charge in [-0.3, -0.25) is 0 Å². The largest absolute Gasteiger partial charge is 0.461 e. The van der Waals surface area contributed by atoms with Crippen LogP contribution in [0.25, 0.3) is 22.3 Å². The van der Waals surface area contributed by atoms with Crippen LogP contribution in [-0.4, -0.2) is 0 Å². The second-order valence-electron chi connectivity index (χ2n) is 7.46. The van der Waals surface area contributed by atoms with Crippen molar-refractivity contribution in [1.29, 1.82) is 0 Å². The monoisotopic (exact) mass is 580 g/mol. The van der Waals surface area contributed by atoms with Gasteiger partial charge in [0.25, 0.3) is 0 Å². The lowest BCUT2D eigenvalue weighted by molar-refractivity contribution is 0.477. The van der Waals surface area contributed by atoms with E-state index in [2.05, 4.69) is 101 Å². The summed E-state index contributed by atoms with van der Waals surface area (Å²) in [6.07, 6.45) is 1.88. The molecule has 0 amide bonds. The quantitative estimate of drug-likeness (QED) is 0.219. The summed E-state index contributed by atoms with van der Waals surface area (Å²) in [6.45, 7) is 4.37. The molecule has 2 aromatic carbocycles. The molecule has 0 unspecified atom stereocenters. The van der Waals surface area contributed by atoms with Crippen molar-refractivity contribution in [3.63, 3.8) is 0 Å². The van der Waals surface area contributed by atoms with Crippen molar-refractivity contribution < 1.29 is 8.83 Å². The van der Waals surface area contributed by atoms with Crippen LogP contribution >= 0.6 is 45.2 Å². The Labute approximate surface area is 185 Å². The Hall–Kier alpha value is -1.28. The minimum absolute atomic E-state index is 0.0999. The Bertz CT molecular complexity index is 1170. The van der Waals surface area contributed by atoms with Gasteiger partial charge < -0.3 is 8.83 Å². The van der Waals surface area contributed by atoms with E-state index in [-0.39, 0.29) is 5.41 Å². The fraction of sp³-hybridized carbons (Fsp3) is 0.217. The number of furan rings is 2. The highest BCUT2D eigenvalue weighted by molar-refractivity contribution is 14.1. The van der Waals surface area contributed by atoms with Crippen molar-refractivity contribution in [2.24, 2.45) is 0 Å². The molecule has 4 aromatic rings. The lowest BCUT2D eigenvalue weighted by atomic mass is 9.73. The molecule has 2 nitrogen and oxygen atoms in total. The Kier molecular flexibility index (Phi) is 4.20. The first-order chi connectivity index (χ1) is 13.0. The predicted molar refractivity (Wildman–Crippen MR) is 125 cm³/mol. The van der Waals surface area contributed by atoms with Gasteiger partial charge in [-0.15, -0.1) is 0 Å². The second-order valence-corrected chi connectivity index (χ2v) is 9.87. The standard InChI is InChI=1S/C23H18I2O2/c1-13-10-17-22(26-13)20-16-11-15(24)12-18(25)21(16)27-19(20)8-9-23(17,2)14-6-4-3-5-7-14/h3-7,10-12H,8-9H2,1-2H3/t23-/m0/s1. The smallest absolute Gasteiger partial charge is 0.148 e. The van der Waals surface area contributed by atoms with E-state index in [4.69, 9.17) is 8.83 Å². The molecular weight excluding hydrogens is 562 g/mol. The van der Waals surface area contributed by atoms with Gasteiger partial charge in [-0.2, -0.15) is 0 Å². The first-order valence-corrected chi connectivity index (χ1v) is 11.2. The summed E-state index contributed by atoms with van der Waals surface area (Å²) < 4.78 is 15.1. The molecule has 0 aliphatic heterocycles. The third-order valence-electron chi connectivity index (χ3n) is 5.72. The van der Waals surface area contributed by atoms with Gasteiger partial charge >= 0.3 is 0 Å². The molecule has 1 atom stereocenters. The molecule has 0 radical (unpaired) electrons. The SMILES string of the molecule is Cc1cc2c(o1)-c1c(oc3c(I)cc(I)cc13)CC[C@@]2(C)c1ccccc1. The Morgan fingerprint density at radius 2 is 1.78 bits per heavy atom. The first-order valence-electron chi connectivity index (χ1n) is 9.04. The molecule has 0 spiro atoms. The number of hydrogen-bond donors (Lipinski definition) is 0. The maximum atomic E-state index is 6.38. The van der Waals surface area contributed by atoms with Crippen molar-refractivity contribution in [3.8, 4) is 11.3 Å². The number of fused-ring (bicyclic) bond motifs is 5. The lowest BCUT2D eigenvalue weighted by Gasteiger charge is -2.29. The van der Waals surface area contributed by atoms with Crippen molar-refractivity contribution in [1.82, 2.24) is 0 Å². The minimum atomic E-state index is -0.0999. The molecular formula is C23H18I2O2. The van der Waals surface area contributed by atoms with E-state index in [0.717, 1.165) is 50.2 Å². The van der Waals surface area contributed by atoms with E-state index in [0.29, 0.717) is 0 Å². The zero-order chi connectivity index (χ0) is 18.8. The maximum absolute atomic E-state index is 6.38. The van der Waals surface area contributed by atoms with Crippen molar-refractivity contribution in [2.75, 3.05) is 0 Å². The Morgan fingerprint density at radius 3 is 2.56 bits per heavy atom. The van der Waals surface area contributed by atoms with Crippen LogP contribution in [0.15, 0.2) is 57.4 Å². The maximum Gasteiger partial charge on any atom is 0.148 e. The van der Waals surface area contributed by atoms with Crippen LogP contribution in [0.5, 0.6) is 0 Å². The third kappa shape index (κ3) is 2.70. The second kappa shape index (κ2) is 6.37. The third-order valence-corrected chi connectivity index (χ3v) is 7.15. The van der Waals surface area contributed by atoms with Gasteiger partial charge in [0.2, 0.25) is 0 Å². The molecule has 136 valence electrons. The number of aryl methyl sites for hydroxylation is 2. The first kappa shape index (κ1) is 17.8. The van der Waals surface area contributed by atoms with Crippen molar-refractivity contribution in [2.45, 2.75) is 32.1 Å². The summed E-state index contributed by atoms with van der Waals surface area (Å²) in [7, 11) is 0. The van der Waals surface area contributed by atoms with E-state index in [1.807, 2.05) is 6.92 Å². The number of benzene rings is 2. The van der Waals surface area contributed by atoms with Crippen LogP contribution in [0.1, 0.15) is 36.0 Å². The van der Waals surface area contributed by atoms with Gasteiger partial charge in [-0.1, -0.05) is 37.3 Å². The zero-order valence-electron chi connectivity index (χ0n) is 15.1. The molecule has 4 heteroatoms. The molecule has 0 saturated heterocycles. The fourth-order valence-corrected chi connectivity index (χ4v) is 6.27. The topological polar surface area (TPSA) is 26.3 Å². The summed E-state index contributed by atoms with van der Waals surface area (Å²) in [5.41, 5.74) is 4.61. The summed E-state index contributed by atoms with van der Waals surface area (Å²) in [5.74, 6) is 2.97. The van der Waals surface area contributed by atoms with E-state index in [1.165, 1.54) is 14.7 Å². The van der Waals surface area contributed by atoms with E-state index in [9.17, 15) is 0 Å². The van der Waals surface area contributed by atoms with Crippen molar-refractivity contribution >= 4 is 56.2 Å². The highest BCUT2D eigenvalue weighted by Gasteiger charge is 2.39. The zero-order valence-corrected chi connectivity index (χ0v) is 19.4. The van der Waals surface area contributed by atoms with Crippen LogP contribution in [0.2, 0.25) is 0 Å². The van der Waals surface area contributed by atoms with E-state index < -0.39 is 0 Å². The van der Waals surface area contributed by atoms with Gasteiger partial charge in [0.05, 0.1) is 9.13 Å². The average Bonchev–Trinajstić information content (AvgIpc) is 3.18. The molecule has 0 bridgehead atoms. The van der Waals surface area contributed by atoms with Gasteiger partial charge in [-0.05, 0) is 82.3 Å². The van der Waals surface area contributed by atoms with Gasteiger partial charge in [-0.25, -0.2) is 0 Å². The van der Waals surface area contributed by atoms with Gasteiger partial charge in [0.1, 0.15) is 22.9 Å². The number of rotatable bonds is 1. The van der Waals surface area contributed by atoms with Crippen LogP contribution < -0.4 is 0 Å². The molecule has 0 fully saturated rings. The molecule has 0 N–H and O–H groups in total. The highest BCUT2D eigenvalue weighted by atomic mass is 127.